The SMILES string of the molecule is O=c1cc(C(F)(F)F)[nH]n1-c1nc2ccccc2[nH]1. The van der Waals surface area contributed by atoms with E-state index in [-0.39, 0.29) is 5.95 Å². The molecule has 8 heteroatoms. The minimum Gasteiger partial charge on any atom is -0.322 e. The van der Waals surface area contributed by atoms with Crippen LogP contribution in [-0.4, -0.2) is 19.7 Å². The van der Waals surface area contributed by atoms with Crippen LogP contribution in [-0.2, 0) is 6.18 Å². The van der Waals surface area contributed by atoms with E-state index < -0.39 is 17.4 Å². The number of para-hydroxylation sites is 2. The highest BCUT2D eigenvalue weighted by molar-refractivity contribution is 5.75. The van der Waals surface area contributed by atoms with Gasteiger partial charge < -0.3 is 4.98 Å². The molecule has 2 aromatic heterocycles. The van der Waals surface area contributed by atoms with Gasteiger partial charge in [0.15, 0.2) is 0 Å². The van der Waals surface area contributed by atoms with Crippen LogP contribution < -0.4 is 5.56 Å². The summed E-state index contributed by atoms with van der Waals surface area (Å²) in [5.74, 6) is 0.0155. The number of rotatable bonds is 1. The molecule has 0 fully saturated rings. The molecule has 0 aliphatic carbocycles. The largest absolute Gasteiger partial charge is 0.432 e. The van der Waals surface area contributed by atoms with Gasteiger partial charge in [0.1, 0.15) is 5.69 Å². The Labute approximate surface area is 103 Å². The summed E-state index contributed by atoms with van der Waals surface area (Å²) in [6, 6.07) is 7.39. The van der Waals surface area contributed by atoms with Crippen molar-refractivity contribution in [3.63, 3.8) is 0 Å². The van der Waals surface area contributed by atoms with Crippen LogP contribution in [0.4, 0.5) is 13.2 Å². The molecule has 19 heavy (non-hydrogen) atoms. The molecule has 0 unspecified atom stereocenters. The van der Waals surface area contributed by atoms with Crippen molar-refractivity contribution >= 4 is 11.0 Å². The number of aromatic amines is 2. The van der Waals surface area contributed by atoms with E-state index >= 15 is 0 Å². The monoisotopic (exact) mass is 268 g/mol. The molecule has 0 aliphatic heterocycles. The molecule has 0 radical (unpaired) electrons. The maximum atomic E-state index is 12.5. The summed E-state index contributed by atoms with van der Waals surface area (Å²) in [7, 11) is 0. The smallest absolute Gasteiger partial charge is 0.322 e. The number of nitrogens with zero attached hydrogens (tertiary/aromatic N) is 2. The Hall–Kier alpha value is -2.51. The van der Waals surface area contributed by atoms with Crippen molar-refractivity contribution < 1.29 is 13.2 Å². The number of aromatic nitrogens is 4. The zero-order valence-electron chi connectivity index (χ0n) is 9.32. The molecule has 3 aromatic rings. The number of nitrogens with one attached hydrogen (secondary N) is 2. The predicted molar refractivity (Wildman–Crippen MR) is 61.0 cm³/mol. The maximum Gasteiger partial charge on any atom is 0.432 e. The second-order valence-corrected chi connectivity index (χ2v) is 3.92. The van der Waals surface area contributed by atoms with Crippen molar-refractivity contribution in [3.05, 3.63) is 46.4 Å². The number of alkyl halides is 3. The van der Waals surface area contributed by atoms with Crippen LogP contribution >= 0.6 is 0 Å². The number of hydrogen-bond acceptors (Lipinski definition) is 2. The molecular formula is C11H7F3N4O. The van der Waals surface area contributed by atoms with E-state index in [4.69, 9.17) is 0 Å². The molecular weight excluding hydrogens is 261 g/mol. The van der Waals surface area contributed by atoms with Gasteiger partial charge in [-0.1, -0.05) is 12.1 Å². The summed E-state index contributed by atoms with van der Waals surface area (Å²) in [6.45, 7) is 0. The lowest BCUT2D eigenvalue weighted by Crippen LogP contribution is -2.15. The van der Waals surface area contributed by atoms with Gasteiger partial charge in [-0.2, -0.15) is 17.9 Å². The average molecular weight is 268 g/mol. The first kappa shape index (κ1) is 11.6. The Kier molecular flexibility index (Phi) is 2.28. The van der Waals surface area contributed by atoms with Crippen LogP contribution in [0.25, 0.3) is 17.0 Å². The number of imidazole rings is 1. The Bertz CT molecular complexity index is 763. The van der Waals surface area contributed by atoms with E-state index in [1.807, 2.05) is 5.10 Å². The van der Waals surface area contributed by atoms with Crippen molar-refractivity contribution in [3.8, 4) is 5.95 Å². The fraction of sp³-hybridized carbons (Fsp3) is 0.0909. The zero-order valence-corrected chi connectivity index (χ0v) is 9.32. The average Bonchev–Trinajstić information content (AvgIpc) is 2.90. The van der Waals surface area contributed by atoms with Gasteiger partial charge in [0, 0.05) is 6.07 Å². The highest BCUT2D eigenvalue weighted by atomic mass is 19.4. The van der Waals surface area contributed by atoms with Gasteiger partial charge in [-0.25, -0.2) is 4.98 Å². The Morgan fingerprint density at radius 1 is 1.21 bits per heavy atom. The van der Waals surface area contributed by atoms with Crippen molar-refractivity contribution in [1.29, 1.82) is 0 Å². The molecule has 0 saturated carbocycles. The lowest BCUT2D eigenvalue weighted by atomic mass is 10.3. The topological polar surface area (TPSA) is 66.5 Å². The molecule has 0 bridgehead atoms. The number of halogens is 3. The summed E-state index contributed by atoms with van der Waals surface area (Å²) in [5, 5.41) is 1.98. The van der Waals surface area contributed by atoms with Crippen LogP contribution in [0.2, 0.25) is 0 Å². The van der Waals surface area contributed by atoms with Crippen LogP contribution in [0.15, 0.2) is 35.1 Å². The predicted octanol–water partition coefficient (Wildman–Crippen LogP) is 2.06. The second-order valence-electron chi connectivity index (χ2n) is 3.92. The molecule has 0 spiro atoms. The number of benzene rings is 1. The van der Waals surface area contributed by atoms with E-state index in [1.165, 1.54) is 0 Å². The van der Waals surface area contributed by atoms with Gasteiger partial charge in [-0.05, 0) is 12.1 Å². The van der Waals surface area contributed by atoms with E-state index in [0.29, 0.717) is 17.1 Å². The first-order chi connectivity index (χ1) is 8.95. The highest BCUT2D eigenvalue weighted by Crippen LogP contribution is 2.26. The van der Waals surface area contributed by atoms with Gasteiger partial charge in [0.05, 0.1) is 11.0 Å². The molecule has 2 N–H and O–H groups in total. The molecule has 2 heterocycles. The van der Waals surface area contributed by atoms with E-state index in [9.17, 15) is 18.0 Å². The second kappa shape index (κ2) is 3.74. The molecule has 0 atom stereocenters. The standard InChI is InChI=1S/C11H7F3N4O/c12-11(13,14)8-5-9(19)18(17-8)10-15-6-3-1-2-4-7(6)16-10/h1-5,17H,(H,15,16). The van der Waals surface area contributed by atoms with Crippen molar-refractivity contribution in [2.24, 2.45) is 0 Å². The molecule has 3 rings (SSSR count). The Morgan fingerprint density at radius 3 is 2.58 bits per heavy atom. The third-order valence-corrected chi connectivity index (χ3v) is 2.61. The van der Waals surface area contributed by atoms with Crippen LogP contribution in [0.1, 0.15) is 5.69 Å². The van der Waals surface area contributed by atoms with E-state index in [1.54, 1.807) is 24.3 Å². The number of fused-ring (bicyclic) bond motifs is 1. The lowest BCUT2D eigenvalue weighted by Gasteiger charge is -2.01. The van der Waals surface area contributed by atoms with Gasteiger partial charge >= 0.3 is 6.18 Å². The van der Waals surface area contributed by atoms with Gasteiger partial charge in [0.2, 0.25) is 5.95 Å². The van der Waals surface area contributed by atoms with Gasteiger partial charge in [-0.3, -0.25) is 9.89 Å². The summed E-state index contributed by atoms with van der Waals surface area (Å²) in [6.07, 6.45) is -4.60. The number of H-pyrrole nitrogens is 2. The first-order valence-corrected chi connectivity index (χ1v) is 5.29. The van der Waals surface area contributed by atoms with Crippen LogP contribution in [0.3, 0.4) is 0 Å². The number of hydrogen-bond donors (Lipinski definition) is 2. The normalized spacial score (nSPS) is 12.2. The van der Waals surface area contributed by atoms with Crippen molar-refractivity contribution in [2.45, 2.75) is 6.18 Å². The van der Waals surface area contributed by atoms with Crippen molar-refractivity contribution in [2.75, 3.05) is 0 Å². The quantitative estimate of drug-likeness (QED) is 0.709. The minimum atomic E-state index is -4.60. The molecule has 0 aliphatic rings. The van der Waals surface area contributed by atoms with Gasteiger partial charge in [-0.15, -0.1) is 0 Å². The Balaban J connectivity index is 2.16. The summed E-state index contributed by atoms with van der Waals surface area (Å²) >= 11 is 0. The maximum absolute atomic E-state index is 12.5. The third kappa shape index (κ3) is 1.90. The molecule has 5 nitrogen and oxygen atoms in total. The minimum absolute atomic E-state index is 0.0155. The van der Waals surface area contributed by atoms with Crippen LogP contribution in [0.5, 0.6) is 0 Å². The summed E-state index contributed by atoms with van der Waals surface area (Å²) in [5.41, 5.74) is -0.746. The first-order valence-electron chi connectivity index (χ1n) is 5.29. The Morgan fingerprint density at radius 2 is 1.95 bits per heavy atom. The molecule has 0 saturated heterocycles. The zero-order chi connectivity index (χ0) is 13.6. The van der Waals surface area contributed by atoms with Crippen LogP contribution in [0, 0.1) is 0 Å². The van der Waals surface area contributed by atoms with E-state index in [2.05, 4.69) is 9.97 Å². The van der Waals surface area contributed by atoms with E-state index in [0.717, 1.165) is 4.68 Å². The lowest BCUT2D eigenvalue weighted by molar-refractivity contribution is -0.141. The highest BCUT2D eigenvalue weighted by Gasteiger charge is 2.33. The third-order valence-electron chi connectivity index (χ3n) is 2.61. The molecule has 0 amide bonds. The van der Waals surface area contributed by atoms with Crippen molar-refractivity contribution in [1.82, 2.24) is 19.7 Å². The molecule has 98 valence electrons. The summed E-state index contributed by atoms with van der Waals surface area (Å²) in [4.78, 5) is 18.4. The van der Waals surface area contributed by atoms with Gasteiger partial charge in [0.25, 0.3) is 5.56 Å². The fourth-order valence-electron chi connectivity index (χ4n) is 1.74. The fourth-order valence-corrected chi connectivity index (χ4v) is 1.74. The molecule has 1 aromatic carbocycles. The summed E-state index contributed by atoms with van der Waals surface area (Å²) < 4.78 is 38.2.